The van der Waals surface area contributed by atoms with E-state index in [2.05, 4.69) is 15.6 Å². The fourth-order valence-electron chi connectivity index (χ4n) is 2.15. The molecule has 0 saturated heterocycles. The quantitative estimate of drug-likeness (QED) is 0.847. The highest BCUT2D eigenvalue weighted by molar-refractivity contribution is 7.09. The number of benzene rings is 1. The van der Waals surface area contributed by atoms with Crippen molar-refractivity contribution in [2.75, 3.05) is 5.32 Å². The van der Waals surface area contributed by atoms with Crippen LogP contribution in [0.2, 0.25) is 0 Å². The molecule has 0 aliphatic carbocycles. The minimum absolute atomic E-state index is 0.261. The van der Waals surface area contributed by atoms with Gasteiger partial charge in [0.25, 0.3) is 17.4 Å². The molecule has 0 radical (unpaired) electrons. The maximum absolute atomic E-state index is 12.4. The van der Waals surface area contributed by atoms with Crippen LogP contribution in [0, 0.1) is 6.92 Å². The number of nitrogens with one attached hydrogen (secondary N) is 2. The Morgan fingerprint density at radius 1 is 1.45 bits per heavy atom. The van der Waals surface area contributed by atoms with E-state index in [9.17, 15) is 9.59 Å². The Morgan fingerprint density at radius 2 is 2.23 bits per heavy atom. The van der Waals surface area contributed by atoms with E-state index in [0.717, 1.165) is 10.7 Å². The second kappa shape index (κ2) is 5.42. The van der Waals surface area contributed by atoms with Crippen molar-refractivity contribution in [2.45, 2.75) is 26.0 Å². The van der Waals surface area contributed by atoms with E-state index in [1.807, 2.05) is 12.3 Å². The molecule has 1 atom stereocenters. The number of aromatic nitrogens is 1. The Balaban J connectivity index is 1.75. The topological polar surface area (TPSA) is 80.3 Å². The third kappa shape index (κ3) is 2.55. The Kier molecular flexibility index (Phi) is 3.58. The van der Waals surface area contributed by atoms with Gasteiger partial charge in [-0.3, -0.25) is 9.59 Å². The molecule has 2 amide bonds. The summed E-state index contributed by atoms with van der Waals surface area (Å²) < 4.78 is 5.65. The van der Waals surface area contributed by atoms with Crippen LogP contribution in [0.1, 0.15) is 17.6 Å². The highest BCUT2D eigenvalue weighted by Crippen LogP contribution is 2.33. The maximum Gasteiger partial charge on any atom is 0.278 e. The Bertz CT molecular complexity index is 743. The molecule has 0 spiro atoms. The summed E-state index contributed by atoms with van der Waals surface area (Å²) in [6.07, 6.45) is 0. The highest BCUT2D eigenvalue weighted by atomic mass is 32.1. The number of hydrogen-bond acceptors (Lipinski definition) is 5. The number of aryl methyl sites for hydroxylation is 1. The lowest BCUT2D eigenvalue weighted by atomic mass is 10.0. The van der Waals surface area contributed by atoms with E-state index < -0.39 is 17.4 Å². The van der Waals surface area contributed by atoms with Crippen molar-refractivity contribution in [2.24, 2.45) is 0 Å². The van der Waals surface area contributed by atoms with Gasteiger partial charge in [0.2, 0.25) is 0 Å². The van der Waals surface area contributed by atoms with Gasteiger partial charge in [-0.25, -0.2) is 4.98 Å². The summed E-state index contributed by atoms with van der Waals surface area (Å²) in [5.41, 5.74) is -0.275. The zero-order chi connectivity index (χ0) is 15.7. The molecule has 1 aliphatic rings. The van der Waals surface area contributed by atoms with Crippen molar-refractivity contribution in [3.8, 4) is 5.75 Å². The summed E-state index contributed by atoms with van der Waals surface area (Å²) in [5, 5.41) is 8.20. The van der Waals surface area contributed by atoms with Crippen LogP contribution in [-0.4, -0.2) is 22.4 Å². The first-order chi connectivity index (χ1) is 10.5. The molecule has 1 aromatic heterocycles. The van der Waals surface area contributed by atoms with Crippen molar-refractivity contribution >= 4 is 28.8 Å². The lowest BCUT2D eigenvalue weighted by Crippen LogP contribution is -2.58. The first kappa shape index (κ1) is 14.5. The normalized spacial score (nSPS) is 19.8. The van der Waals surface area contributed by atoms with Gasteiger partial charge >= 0.3 is 0 Å². The summed E-state index contributed by atoms with van der Waals surface area (Å²) in [5.74, 6) is -0.507. The molecule has 1 aliphatic heterocycles. The summed E-state index contributed by atoms with van der Waals surface area (Å²) in [7, 11) is 0. The van der Waals surface area contributed by atoms with Crippen LogP contribution in [0.4, 0.5) is 5.69 Å². The molecule has 0 saturated carbocycles. The minimum atomic E-state index is -1.60. The van der Waals surface area contributed by atoms with Gasteiger partial charge in [-0.15, -0.1) is 11.3 Å². The van der Waals surface area contributed by atoms with E-state index in [1.54, 1.807) is 24.3 Å². The number of rotatable bonds is 3. The average Bonchev–Trinajstić information content (AvgIpc) is 2.91. The van der Waals surface area contributed by atoms with Crippen molar-refractivity contribution in [1.29, 1.82) is 0 Å². The van der Waals surface area contributed by atoms with Gasteiger partial charge in [0.1, 0.15) is 5.75 Å². The van der Waals surface area contributed by atoms with Crippen molar-refractivity contribution in [3.05, 3.63) is 40.3 Å². The predicted molar refractivity (Wildman–Crippen MR) is 82.8 cm³/mol. The van der Waals surface area contributed by atoms with E-state index in [0.29, 0.717) is 11.4 Å². The average molecular weight is 317 g/mol. The van der Waals surface area contributed by atoms with E-state index in [1.165, 1.54) is 18.3 Å². The largest absolute Gasteiger partial charge is 0.466 e. The third-order valence-corrected chi connectivity index (χ3v) is 4.23. The van der Waals surface area contributed by atoms with E-state index in [-0.39, 0.29) is 6.54 Å². The van der Waals surface area contributed by atoms with Crippen molar-refractivity contribution < 1.29 is 14.3 Å². The fourth-order valence-corrected chi connectivity index (χ4v) is 2.76. The maximum atomic E-state index is 12.4. The molecule has 114 valence electrons. The summed E-state index contributed by atoms with van der Waals surface area (Å²) >= 11 is 1.51. The number of nitrogens with zero attached hydrogens (tertiary/aromatic N) is 1. The van der Waals surface area contributed by atoms with Crippen LogP contribution in [-0.2, 0) is 16.1 Å². The summed E-state index contributed by atoms with van der Waals surface area (Å²) in [6.45, 7) is 3.61. The molecule has 0 unspecified atom stereocenters. The van der Waals surface area contributed by atoms with Gasteiger partial charge in [-0.2, -0.15) is 0 Å². The molecule has 7 heteroatoms. The lowest BCUT2D eigenvalue weighted by molar-refractivity contribution is -0.146. The zero-order valence-corrected chi connectivity index (χ0v) is 13.0. The summed E-state index contributed by atoms with van der Waals surface area (Å²) in [4.78, 5) is 28.9. The number of anilines is 1. The molecule has 22 heavy (non-hydrogen) atoms. The number of amides is 2. The molecule has 1 aromatic carbocycles. The monoisotopic (exact) mass is 317 g/mol. The number of para-hydroxylation sites is 2. The van der Waals surface area contributed by atoms with Crippen LogP contribution >= 0.6 is 11.3 Å². The van der Waals surface area contributed by atoms with Crippen LogP contribution in [0.5, 0.6) is 5.75 Å². The molecular weight excluding hydrogens is 302 g/mol. The zero-order valence-electron chi connectivity index (χ0n) is 12.2. The van der Waals surface area contributed by atoms with Gasteiger partial charge < -0.3 is 15.4 Å². The number of fused-ring (bicyclic) bond motifs is 1. The van der Waals surface area contributed by atoms with Crippen molar-refractivity contribution in [3.63, 3.8) is 0 Å². The molecule has 2 heterocycles. The summed E-state index contributed by atoms with van der Waals surface area (Å²) in [6, 6.07) is 7.01. The van der Waals surface area contributed by atoms with Crippen molar-refractivity contribution in [1.82, 2.24) is 10.3 Å². The smallest absolute Gasteiger partial charge is 0.278 e. The Morgan fingerprint density at radius 3 is 2.95 bits per heavy atom. The standard InChI is InChI=1S/C15H15N3O3S/c1-9-17-10(8-22-9)7-16-13(19)15(2)14(20)18-11-5-3-4-6-12(11)21-15/h3-6,8H,7H2,1-2H3,(H,16,19)(H,18,20)/t15-/m0/s1. The SMILES string of the molecule is Cc1nc(CNC(=O)[C@]2(C)Oc3ccccc3NC2=O)cs1. The van der Waals surface area contributed by atoms with Crippen LogP contribution in [0.3, 0.4) is 0 Å². The second-order valence-corrected chi connectivity index (χ2v) is 6.19. The van der Waals surface area contributed by atoms with Gasteiger partial charge in [0.05, 0.1) is 22.9 Å². The number of carbonyl (C=O) groups excluding carboxylic acids is 2. The number of thiazole rings is 1. The van der Waals surface area contributed by atoms with E-state index >= 15 is 0 Å². The Hall–Kier alpha value is -2.41. The molecule has 2 N–H and O–H groups in total. The van der Waals surface area contributed by atoms with Crippen LogP contribution in [0.25, 0.3) is 0 Å². The molecule has 0 bridgehead atoms. The van der Waals surface area contributed by atoms with Gasteiger partial charge in [0.15, 0.2) is 0 Å². The van der Waals surface area contributed by atoms with Gasteiger partial charge in [-0.1, -0.05) is 12.1 Å². The minimum Gasteiger partial charge on any atom is -0.466 e. The Labute approximate surface area is 131 Å². The first-order valence-corrected chi connectivity index (χ1v) is 7.66. The second-order valence-electron chi connectivity index (χ2n) is 5.13. The molecule has 3 rings (SSSR count). The predicted octanol–water partition coefficient (Wildman–Crippen LogP) is 1.86. The number of carbonyl (C=O) groups is 2. The molecule has 6 nitrogen and oxygen atoms in total. The number of ether oxygens (including phenoxy) is 1. The molecule has 0 fully saturated rings. The lowest BCUT2D eigenvalue weighted by Gasteiger charge is -2.33. The van der Waals surface area contributed by atoms with Crippen LogP contribution < -0.4 is 15.4 Å². The third-order valence-electron chi connectivity index (χ3n) is 3.41. The highest BCUT2D eigenvalue weighted by Gasteiger charge is 2.47. The number of hydrogen-bond donors (Lipinski definition) is 2. The van der Waals surface area contributed by atoms with Gasteiger partial charge in [0, 0.05) is 5.38 Å². The van der Waals surface area contributed by atoms with E-state index in [4.69, 9.17) is 4.74 Å². The molecular formula is C15H15N3O3S. The molecule has 2 aromatic rings. The fraction of sp³-hybridized carbons (Fsp3) is 0.267. The van der Waals surface area contributed by atoms with Crippen LogP contribution in [0.15, 0.2) is 29.6 Å². The first-order valence-electron chi connectivity index (χ1n) is 6.78. The van der Waals surface area contributed by atoms with Gasteiger partial charge in [-0.05, 0) is 26.0 Å².